The van der Waals surface area contributed by atoms with Gasteiger partial charge in [-0.15, -0.1) is 0 Å². The Bertz CT molecular complexity index is 1290. The number of hydrogen-bond donors (Lipinski definition) is 2. The first-order valence-corrected chi connectivity index (χ1v) is 12.3. The third-order valence-corrected chi connectivity index (χ3v) is 6.50. The average molecular weight is 495 g/mol. The van der Waals surface area contributed by atoms with Gasteiger partial charge in [0.05, 0.1) is 29.7 Å². The molecule has 1 aliphatic heterocycles. The second-order valence-corrected chi connectivity index (χ2v) is 11.0. The second kappa shape index (κ2) is 9.48. The molecule has 3 N–H and O–H groups in total. The number of nitrogens with two attached hydrogens (primary N) is 1. The zero-order valence-corrected chi connectivity index (χ0v) is 21.8. The van der Waals surface area contributed by atoms with E-state index in [1.165, 1.54) is 17.0 Å². The van der Waals surface area contributed by atoms with Crippen molar-refractivity contribution in [3.8, 4) is 22.7 Å². The number of carbonyl (C=O) groups is 1. The van der Waals surface area contributed by atoms with E-state index in [9.17, 15) is 14.3 Å². The Kier molecular flexibility index (Phi) is 6.73. The molecular weight excluding hydrogens is 459 g/mol. The molecule has 2 heterocycles. The van der Waals surface area contributed by atoms with Gasteiger partial charge < -0.3 is 20.5 Å². The first-order valence-electron chi connectivity index (χ1n) is 12.3. The van der Waals surface area contributed by atoms with Crippen LogP contribution in [0.2, 0.25) is 0 Å². The van der Waals surface area contributed by atoms with Crippen LogP contribution in [-0.4, -0.2) is 39.0 Å². The van der Waals surface area contributed by atoms with Gasteiger partial charge in [-0.3, -0.25) is 0 Å². The molecule has 192 valence electrons. The maximum atomic E-state index is 14.8. The van der Waals surface area contributed by atoms with Crippen molar-refractivity contribution in [1.29, 1.82) is 0 Å². The smallest absolute Gasteiger partial charge is 0.407 e. The van der Waals surface area contributed by atoms with E-state index < -0.39 is 23.4 Å². The molecular formula is C28H35FN4O3. The topological polar surface area (TPSA) is 93.6 Å². The van der Waals surface area contributed by atoms with E-state index in [-0.39, 0.29) is 5.69 Å². The summed E-state index contributed by atoms with van der Waals surface area (Å²) in [5.41, 5.74) is 9.93. The minimum absolute atomic E-state index is 0.0510. The molecule has 1 amide bonds. The van der Waals surface area contributed by atoms with Crippen molar-refractivity contribution in [3.63, 3.8) is 0 Å². The summed E-state index contributed by atoms with van der Waals surface area (Å²) in [4.78, 5) is 13.8. The van der Waals surface area contributed by atoms with Gasteiger partial charge in [0.15, 0.2) is 0 Å². The number of amides is 1. The summed E-state index contributed by atoms with van der Waals surface area (Å²) in [6.07, 6.45) is -0.528. The van der Waals surface area contributed by atoms with Gasteiger partial charge in [-0.1, -0.05) is 52.8 Å². The summed E-state index contributed by atoms with van der Waals surface area (Å²) in [7, 11) is 0. The van der Waals surface area contributed by atoms with Gasteiger partial charge in [-0.05, 0) is 42.0 Å². The molecule has 0 spiro atoms. The SMILES string of the molecule is Cc1cccc(OCC(C)C)c1-n1nc2c(c1-c1ccc(N)c(F)c1)C(C(C)(C)C)N(C(=O)O)CC2. The van der Waals surface area contributed by atoms with E-state index in [1.54, 1.807) is 6.07 Å². The van der Waals surface area contributed by atoms with Gasteiger partial charge in [0.1, 0.15) is 17.3 Å². The average Bonchev–Trinajstić information content (AvgIpc) is 3.16. The number of aromatic nitrogens is 2. The van der Waals surface area contributed by atoms with Crippen molar-refractivity contribution in [1.82, 2.24) is 14.7 Å². The summed E-state index contributed by atoms with van der Waals surface area (Å²) in [6, 6.07) is 10.0. The van der Waals surface area contributed by atoms with Gasteiger partial charge in [0.2, 0.25) is 0 Å². The minimum atomic E-state index is -0.986. The molecule has 4 rings (SSSR count). The van der Waals surface area contributed by atoms with E-state index in [0.29, 0.717) is 42.5 Å². The number of nitrogen functional groups attached to an aromatic ring is 1. The highest BCUT2D eigenvalue weighted by molar-refractivity contribution is 5.74. The van der Waals surface area contributed by atoms with Crippen LogP contribution < -0.4 is 10.5 Å². The largest absolute Gasteiger partial charge is 0.491 e. The Hall–Kier alpha value is -3.55. The van der Waals surface area contributed by atoms with Gasteiger partial charge in [-0.2, -0.15) is 5.10 Å². The van der Waals surface area contributed by atoms with Crippen LogP contribution in [0.3, 0.4) is 0 Å². The Morgan fingerprint density at radius 1 is 1.28 bits per heavy atom. The number of rotatable bonds is 5. The molecule has 0 saturated heterocycles. The Balaban J connectivity index is 2.06. The van der Waals surface area contributed by atoms with E-state index in [4.69, 9.17) is 15.6 Å². The van der Waals surface area contributed by atoms with Crippen LogP contribution >= 0.6 is 0 Å². The number of benzene rings is 2. The lowest BCUT2D eigenvalue weighted by Gasteiger charge is -2.42. The fourth-order valence-corrected chi connectivity index (χ4v) is 4.96. The number of nitrogens with zero attached hydrogens (tertiary/aromatic N) is 3. The molecule has 1 atom stereocenters. The zero-order chi connectivity index (χ0) is 26.4. The molecule has 7 nitrogen and oxygen atoms in total. The summed E-state index contributed by atoms with van der Waals surface area (Å²) < 4.78 is 22.8. The number of halogens is 1. The van der Waals surface area contributed by atoms with Crippen molar-refractivity contribution in [2.24, 2.45) is 11.3 Å². The maximum absolute atomic E-state index is 14.8. The fraction of sp³-hybridized carbons (Fsp3) is 0.429. The second-order valence-electron chi connectivity index (χ2n) is 11.0. The summed E-state index contributed by atoms with van der Waals surface area (Å²) in [6.45, 7) is 13.0. The van der Waals surface area contributed by atoms with Crippen molar-refractivity contribution in [2.75, 3.05) is 18.9 Å². The summed E-state index contributed by atoms with van der Waals surface area (Å²) in [5, 5.41) is 15.1. The van der Waals surface area contributed by atoms with Crippen LogP contribution in [0, 0.1) is 24.1 Å². The number of carboxylic acid groups (broad SMARTS) is 1. The molecule has 36 heavy (non-hydrogen) atoms. The van der Waals surface area contributed by atoms with E-state index in [0.717, 1.165) is 22.5 Å². The molecule has 0 bridgehead atoms. The van der Waals surface area contributed by atoms with E-state index >= 15 is 0 Å². The molecule has 8 heteroatoms. The quantitative estimate of drug-likeness (QED) is 0.410. The van der Waals surface area contributed by atoms with Gasteiger partial charge in [0.25, 0.3) is 0 Å². The Morgan fingerprint density at radius 2 is 2.00 bits per heavy atom. The standard InChI is InChI=1S/C28H35FN4O3/c1-16(2)15-36-22-9-7-8-17(3)24(22)33-25(18-10-11-20(30)19(29)14-18)23-21(31-33)12-13-32(27(34)35)26(23)28(4,5)6/h7-11,14,16,26H,12-13,15,30H2,1-6H3,(H,34,35). The molecule has 0 saturated carbocycles. The Morgan fingerprint density at radius 3 is 2.61 bits per heavy atom. The monoisotopic (exact) mass is 494 g/mol. The molecule has 2 aromatic carbocycles. The number of para-hydroxylation sites is 1. The molecule has 0 aliphatic carbocycles. The number of hydrogen-bond acceptors (Lipinski definition) is 4. The van der Waals surface area contributed by atoms with Gasteiger partial charge >= 0.3 is 6.09 Å². The van der Waals surface area contributed by atoms with Crippen LogP contribution in [0.5, 0.6) is 5.75 Å². The maximum Gasteiger partial charge on any atom is 0.407 e. The van der Waals surface area contributed by atoms with Crippen molar-refractivity contribution in [3.05, 3.63) is 59.0 Å². The van der Waals surface area contributed by atoms with Crippen LogP contribution in [0.1, 0.15) is 57.5 Å². The lowest BCUT2D eigenvalue weighted by molar-refractivity contribution is 0.0760. The molecule has 1 unspecified atom stereocenters. The molecule has 1 aromatic heterocycles. The van der Waals surface area contributed by atoms with Crippen LogP contribution in [-0.2, 0) is 6.42 Å². The van der Waals surface area contributed by atoms with Crippen molar-refractivity contribution in [2.45, 2.75) is 54.0 Å². The normalized spacial score (nSPS) is 15.8. The minimum Gasteiger partial charge on any atom is -0.491 e. The summed E-state index contributed by atoms with van der Waals surface area (Å²) >= 11 is 0. The molecule has 3 aromatic rings. The Labute approximate surface area is 211 Å². The van der Waals surface area contributed by atoms with Gasteiger partial charge in [-0.25, -0.2) is 13.9 Å². The highest BCUT2D eigenvalue weighted by Crippen LogP contribution is 2.48. The van der Waals surface area contributed by atoms with Gasteiger partial charge in [0, 0.05) is 24.1 Å². The summed E-state index contributed by atoms with van der Waals surface area (Å²) in [5.74, 6) is 0.459. The van der Waals surface area contributed by atoms with E-state index in [1.807, 2.05) is 50.6 Å². The van der Waals surface area contributed by atoms with Crippen LogP contribution in [0.25, 0.3) is 16.9 Å². The zero-order valence-electron chi connectivity index (χ0n) is 21.8. The molecule has 1 aliphatic rings. The lowest BCUT2D eigenvalue weighted by atomic mass is 9.77. The van der Waals surface area contributed by atoms with Crippen molar-refractivity contribution >= 4 is 11.8 Å². The highest BCUT2D eigenvalue weighted by atomic mass is 19.1. The lowest BCUT2D eigenvalue weighted by Crippen LogP contribution is -2.44. The van der Waals surface area contributed by atoms with E-state index in [2.05, 4.69) is 13.8 Å². The number of aryl methyl sites for hydroxylation is 1. The number of anilines is 1. The predicted octanol–water partition coefficient (Wildman–Crippen LogP) is 6.23. The number of ether oxygens (including phenoxy) is 1. The third-order valence-electron chi connectivity index (χ3n) is 6.50. The third kappa shape index (κ3) is 4.64. The molecule has 0 radical (unpaired) electrons. The van der Waals surface area contributed by atoms with Crippen LogP contribution in [0.15, 0.2) is 36.4 Å². The van der Waals surface area contributed by atoms with Crippen molar-refractivity contribution < 1.29 is 19.0 Å². The highest BCUT2D eigenvalue weighted by Gasteiger charge is 2.43. The fourth-order valence-electron chi connectivity index (χ4n) is 4.96. The van der Waals surface area contributed by atoms with Crippen LogP contribution in [0.4, 0.5) is 14.9 Å². The predicted molar refractivity (Wildman–Crippen MR) is 139 cm³/mol. The first kappa shape index (κ1) is 25.5. The number of fused-ring (bicyclic) bond motifs is 1. The molecule has 0 fully saturated rings. The first-order chi connectivity index (χ1) is 16.9.